The molecule has 0 radical (unpaired) electrons. The van der Waals surface area contributed by atoms with E-state index in [0.717, 1.165) is 62.8 Å². The number of benzene rings is 2. The average molecular weight is 549 g/mol. The van der Waals surface area contributed by atoms with Crippen LogP contribution < -0.4 is 20.7 Å². The molecule has 40 heavy (non-hydrogen) atoms. The van der Waals surface area contributed by atoms with Gasteiger partial charge in [-0.2, -0.15) is 0 Å². The number of nitrogens with one attached hydrogen (secondary N) is 1. The zero-order valence-electron chi connectivity index (χ0n) is 23.1. The summed E-state index contributed by atoms with van der Waals surface area (Å²) >= 11 is 0. The van der Waals surface area contributed by atoms with Gasteiger partial charge in [0.25, 0.3) is 5.91 Å². The first-order valence-electron chi connectivity index (χ1n) is 14.4. The van der Waals surface area contributed by atoms with Gasteiger partial charge in [-0.15, -0.1) is 0 Å². The van der Waals surface area contributed by atoms with Crippen molar-refractivity contribution < 1.29 is 23.9 Å². The summed E-state index contributed by atoms with van der Waals surface area (Å²) in [6.45, 7) is 1.75. The number of nitrogens with two attached hydrogens (primary N) is 1. The van der Waals surface area contributed by atoms with Crippen LogP contribution in [0, 0.1) is 0 Å². The van der Waals surface area contributed by atoms with Crippen molar-refractivity contribution in [2.24, 2.45) is 5.73 Å². The highest BCUT2D eigenvalue weighted by Gasteiger charge is 2.33. The van der Waals surface area contributed by atoms with Gasteiger partial charge in [-0.1, -0.05) is 37.5 Å². The summed E-state index contributed by atoms with van der Waals surface area (Å²) < 4.78 is 5.84. The predicted octanol–water partition coefficient (Wildman–Crippen LogP) is 3.59. The maximum atomic E-state index is 13.1. The lowest BCUT2D eigenvalue weighted by Gasteiger charge is -2.41. The van der Waals surface area contributed by atoms with Gasteiger partial charge in [0.05, 0.1) is 13.2 Å². The number of ether oxygens (including phenoxy) is 1. The van der Waals surface area contributed by atoms with E-state index in [2.05, 4.69) is 11.4 Å². The first-order chi connectivity index (χ1) is 19.4. The van der Waals surface area contributed by atoms with Gasteiger partial charge >= 0.3 is 0 Å². The third-order valence-electron chi connectivity index (χ3n) is 7.62. The summed E-state index contributed by atoms with van der Waals surface area (Å²) in [6, 6.07) is 15.6. The summed E-state index contributed by atoms with van der Waals surface area (Å²) in [5, 5.41) is 2.49. The van der Waals surface area contributed by atoms with Crippen LogP contribution in [-0.4, -0.2) is 60.8 Å². The molecular formula is C31H40N4O5. The summed E-state index contributed by atoms with van der Waals surface area (Å²) in [4.78, 5) is 51.9. The lowest BCUT2D eigenvalue weighted by Crippen LogP contribution is -2.50. The maximum Gasteiger partial charge on any atom is 0.253 e. The van der Waals surface area contributed by atoms with E-state index in [1.165, 1.54) is 5.56 Å². The van der Waals surface area contributed by atoms with Crippen LogP contribution in [-0.2, 0) is 20.8 Å². The number of rotatable bonds is 13. The van der Waals surface area contributed by atoms with Gasteiger partial charge in [0.15, 0.2) is 0 Å². The quantitative estimate of drug-likeness (QED) is 0.371. The minimum atomic E-state index is -0.537. The van der Waals surface area contributed by atoms with E-state index >= 15 is 0 Å². The molecule has 3 N–H and O–H groups in total. The molecule has 2 aromatic carbocycles. The number of unbranched alkanes of at least 4 members (excludes halogenated alkanes) is 4. The lowest BCUT2D eigenvalue weighted by atomic mass is 9.95. The summed E-state index contributed by atoms with van der Waals surface area (Å²) in [7, 11) is 0. The van der Waals surface area contributed by atoms with Crippen LogP contribution in [0.1, 0.15) is 73.7 Å². The molecule has 0 aromatic heterocycles. The molecule has 0 saturated carbocycles. The van der Waals surface area contributed by atoms with E-state index in [-0.39, 0.29) is 30.3 Å². The van der Waals surface area contributed by atoms with E-state index in [9.17, 15) is 19.2 Å². The van der Waals surface area contributed by atoms with E-state index in [1.807, 2.05) is 52.3 Å². The number of hydrogen-bond donors (Lipinski definition) is 2. The van der Waals surface area contributed by atoms with Gasteiger partial charge in [0, 0.05) is 43.2 Å². The van der Waals surface area contributed by atoms with Crippen molar-refractivity contribution in [3.63, 3.8) is 0 Å². The molecule has 2 aliphatic heterocycles. The summed E-state index contributed by atoms with van der Waals surface area (Å²) in [5.74, 6) is 0.252. The van der Waals surface area contributed by atoms with Crippen LogP contribution in [0.25, 0.3) is 0 Å². The Morgan fingerprint density at radius 3 is 2.35 bits per heavy atom. The zero-order valence-corrected chi connectivity index (χ0v) is 23.1. The second-order valence-electron chi connectivity index (χ2n) is 10.5. The zero-order chi connectivity index (χ0) is 28.3. The van der Waals surface area contributed by atoms with Crippen molar-refractivity contribution in [1.29, 1.82) is 0 Å². The van der Waals surface area contributed by atoms with Gasteiger partial charge in [0.1, 0.15) is 5.75 Å². The summed E-state index contributed by atoms with van der Waals surface area (Å²) in [6.07, 6.45) is 7.94. The Morgan fingerprint density at radius 1 is 0.900 bits per heavy atom. The van der Waals surface area contributed by atoms with Gasteiger partial charge in [0.2, 0.25) is 17.7 Å². The van der Waals surface area contributed by atoms with Crippen molar-refractivity contribution in [1.82, 2.24) is 10.2 Å². The molecule has 4 amide bonds. The number of aryl methyl sites for hydroxylation is 1. The number of fused-ring (bicyclic) bond motifs is 1. The first kappa shape index (κ1) is 29.1. The highest BCUT2D eigenvalue weighted by atomic mass is 16.5. The fourth-order valence-corrected chi connectivity index (χ4v) is 5.44. The molecule has 2 heterocycles. The lowest BCUT2D eigenvalue weighted by molar-refractivity contribution is -0.124. The van der Waals surface area contributed by atoms with Crippen molar-refractivity contribution in [2.75, 3.05) is 31.1 Å². The number of piperidine rings is 1. The fraction of sp³-hybridized carbons (Fsp3) is 0.484. The normalized spacial score (nSPS) is 15.4. The van der Waals surface area contributed by atoms with Gasteiger partial charge < -0.3 is 25.6 Å². The van der Waals surface area contributed by atoms with Crippen molar-refractivity contribution in [3.05, 3.63) is 59.7 Å². The van der Waals surface area contributed by atoms with Crippen LogP contribution in [0.15, 0.2) is 48.5 Å². The molecule has 4 rings (SSSR count). The maximum absolute atomic E-state index is 13.1. The molecule has 0 aliphatic carbocycles. The highest BCUT2D eigenvalue weighted by Crippen LogP contribution is 2.32. The third-order valence-corrected chi connectivity index (χ3v) is 7.62. The van der Waals surface area contributed by atoms with Crippen LogP contribution in [0.3, 0.4) is 0 Å². The van der Waals surface area contributed by atoms with Crippen molar-refractivity contribution in [3.8, 4) is 5.75 Å². The SMILES string of the molecule is NC(=O)CNC(=O)CCCCCCCOc1ccc(C(=O)N2CCC(N3C(=O)CCc4ccccc43)CC2)cc1. The fourth-order valence-electron chi connectivity index (χ4n) is 5.44. The van der Waals surface area contributed by atoms with Crippen LogP contribution in [0.2, 0.25) is 0 Å². The molecule has 0 spiro atoms. The minimum Gasteiger partial charge on any atom is -0.494 e. The Balaban J connectivity index is 1.13. The Hall–Kier alpha value is -3.88. The summed E-state index contributed by atoms with van der Waals surface area (Å²) in [5.41, 5.74) is 7.90. The van der Waals surface area contributed by atoms with E-state index in [0.29, 0.717) is 38.1 Å². The number of nitrogens with zero attached hydrogens (tertiary/aromatic N) is 2. The first-order valence-corrected chi connectivity index (χ1v) is 14.4. The molecular weight excluding hydrogens is 508 g/mol. The van der Waals surface area contributed by atoms with Gasteiger partial charge in [-0.25, -0.2) is 0 Å². The number of carbonyl (C=O) groups is 4. The Labute approximate surface area is 236 Å². The number of carbonyl (C=O) groups excluding carboxylic acids is 4. The molecule has 0 bridgehead atoms. The van der Waals surface area contributed by atoms with Gasteiger partial charge in [-0.3, -0.25) is 19.2 Å². The largest absolute Gasteiger partial charge is 0.494 e. The molecule has 9 nitrogen and oxygen atoms in total. The van der Waals surface area contributed by atoms with E-state index in [1.54, 1.807) is 0 Å². The van der Waals surface area contributed by atoms with E-state index < -0.39 is 5.91 Å². The second-order valence-corrected chi connectivity index (χ2v) is 10.5. The van der Waals surface area contributed by atoms with E-state index in [4.69, 9.17) is 10.5 Å². The molecule has 0 unspecified atom stereocenters. The Morgan fingerprint density at radius 2 is 1.60 bits per heavy atom. The molecule has 0 atom stereocenters. The molecule has 214 valence electrons. The van der Waals surface area contributed by atoms with Crippen LogP contribution in [0.4, 0.5) is 5.69 Å². The molecule has 2 aromatic rings. The minimum absolute atomic E-state index is 0.0127. The average Bonchev–Trinajstić information content (AvgIpc) is 2.97. The number of primary amides is 1. The number of amides is 4. The monoisotopic (exact) mass is 548 g/mol. The Bertz CT molecular complexity index is 1170. The highest BCUT2D eigenvalue weighted by molar-refractivity contribution is 5.97. The number of para-hydroxylation sites is 1. The predicted molar refractivity (Wildman–Crippen MR) is 153 cm³/mol. The molecule has 1 fully saturated rings. The standard InChI is InChI=1S/C31H40N4O5/c32-28(36)22-33-29(37)10-4-2-1-3-7-21-40-26-14-11-24(12-15-26)31(39)34-19-17-25(18-20-34)35-27-9-6-5-8-23(27)13-16-30(35)38/h5-6,8-9,11-12,14-15,25H,1-4,7,10,13,16-22H2,(H2,32,36)(H,33,37). The topological polar surface area (TPSA) is 122 Å². The van der Waals surface area contributed by atoms with Crippen LogP contribution in [0.5, 0.6) is 5.75 Å². The Kier molecular flexibility index (Phi) is 10.5. The van der Waals surface area contributed by atoms with Crippen LogP contribution >= 0.6 is 0 Å². The molecule has 1 saturated heterocycles. The number of hydrogen-bond acceptors (Lipinski definition) is 5. The van der Waals surface area contributed by atoms with Gasteiger partial charge in [-0.05, 0) is 68.0 Å². The third kappa shape index (κ3) is 8.07. The number of likely N-dealkylation sites (tertiary alicyclic amines) is 1. The smallest absolute Gasteiger partial charge is 0.253 e. The van der Waals surface area contributed by atoms with Crippen molar-refractivity contribution in [2.45, 2.75) is 70.3 Å². The van der Waals surface area contributed by atoms with Crippen molar-refractivity contribution >= 4 is 29.3 Å². The number of anilines is 1. The molecule has 2 aliphatic rings. The molecule has 9 heteroatoms. The second kappa shape index (κ2) is 14.5.